The van der Waals surface area contributed by atoms with Crippen LogP contribution in [0.3, 0.4) is 0 Å². The van der Waals surface area contributed by atoms with Crippen LogP contribution in [-0.2, 0) is 9.53 Å². The molecule has 140 valence electrons. The lowest BCUT2D eigenvalue weighted by atomic mass is 9.85. The summed E-state index contributed by atoms with van der Waals surface area (Å²) in [5, 5.41) is 0. The van der Waals surface area contributed by atoms with Crippen molar-refractivity contribution < 1.29 is 22.7 Å². The largest absolute Gasteiger partial charge is 0.466 e. The van der Waals surface area contributed by atoms with Crippen LogP contribution < -0.4 is 4.90 Å². The number of carbonyl (C=O) groups is 1. The fourth-order valence-corrected chi connectivity index (χ4v) is 3.30. The second-order valence-corrected chi connectivity index (χ2v) is 6.09. The number of rotatable bonds is 3. The van der Waals surface area contributed by atoms with E-state index in [2.05, 4.69) is 4.98 Å². The molecule has 1 atom stereocenters. The van der Waals surface area contributed by atoms with E-state index in [0.717, 1.165) is 12.1 Å². The van der Waals surface area contributed by atoms with Gasteiger partial charge in [0.1, 0.15) is 0 Å². The predicted molar refractivity (Wildman–Crippen MR) is 94.2 cm³/mol. The summed E-state index contributed by atoms with van der Waals surface area (Å²) in [5.41, 5.74) is 1.87. The van der Waals surface area contributed by atoms with Crippen LogP contribution in [0.4, 0.5) is 18.9 Å². The highest BCUT2D eigenvalue weighted by Crippen LogP contribution is 2.40. The van der Waals surface area contributed by atoms with Crippen molar-refractivity contribution in [3.63, 3.8) is 0 Å². The van der Waals surface area contributed by atoms with E-state index in [1.807, 2.05) is 0 Å². The summed E-state index contributed by atoms with van der Waals surface area (Å²) in [6, 6.07) is 5.53. The first-order valence-electron chi connectivity index (χ1n) is 8.17. The van der Waals surface area contributed by atoms with Gasteiger partial charge in [0.25, 0.3) is 0 Å². The van der Waals surface area contributed by atoms with Gasteiger partial charge in [-0.05, 0) is 32.0 Å². The van der Waals surface area contributed by atoms with E-state index >= 15 is 0 Å². The molecule has 0 N–H and O–H groups in total. The molecule has 3 rings (SSSR count). The van der Waals surface area contributed by atoms with Crippen LogP contribution in [0.1, 0.15) is 25.3 Å². The van der Waals surface area contributed by atoms with Crippen molar-refractivity contribution >= 4 is 11.7 Å². The highest BCUT2D eigenvalue weighted by atomic mass is 19.2. The zero-order valence-electron chi connectivity index (χ0n) is 15.0. The minimum atomic E-state index is -1.57. The number of pyridine rings is 1. The van der Waals surface area contributed by atoms with Crippen LogP contribution in [-0.4, -0.2) is 18.1 Å². The number of ether oxygens (including phenoxy) is 1. The third-order valence-electron chi connectivity index (χ3n) is 4.51. The molecule has 0 spiro atoms. The Morgan fingerprint density at radius 2 is 1.89 bits per heavy atom. The zero-order valence-corrected chi connectivity index (χ0v) is 15.0. The molecule has 0 radical (unpaired) electrons. The quantitative estimate of drug-likeness (QED) is 0.588. The zero-order chi connectivity index (χ0) is 19.7. The molecule has 0 fully saturated rings. The van der Waals surface area contributed by atoms with Crippen molar-refractivity contribution in [3.05, 3.63) is 82.7 Å². The molecule has 7 heteroatoms. The van der Waals surface area contributed by atoms with Gasteiger partial charge in [-0.25, -0.2) is 18.0 Å². The van der Waals surface area contributed by atoms with E-state index < -0.39 is 29.3 Å². The van der Waals surface area contributed by atoms with Crippen LogP contribution in [0.25, 0.3) is 0 Å². The van der Waals surface area contributed by atoms with Crippen molar-refractivity contribution in [3.8, 4) is 0 Å². The van der Waals surface area contributed by atoms with Gasteiger partial charge in [-0.15, -0.1) is 0 Å². The molecule has 0 saturated carbocycles. The number of aromatic nitrogens is 1. The first-order chi connectivity index (χ1) is 12.9. The third kappa shape index (κ3) is 3.20. The summed E-state index contributed by atoms with van der Waals surface area (Å²) in [6.45, 7) is 3.45. The maximum Gasteiger partial charge on any atom is 0.336 e. The summed E-state index contributed by atoms with van der Waals surface area (Å²) in [6.07, 6.45) is 4.85. The van der Waals surface area contributed by atoms with Crippen LogP contribution in [0.2, 0.25) is 0 Å². The standard InChI is InChI=1S/C20H17F3N2O2/c1-11-9-15(14-6-7-16(21)19(23)18(14)22)17(20(26)27-3)12(2)25(11)13-5-4-8-24-10-13/h4-10,15H,1-3H3. The van der Waals surface area contributed by atoms with Crippen molar-refractivity contribution in [1.82, 2.24) is 4.98 Å². The Hall–Kier alpha value is -3.09. The van der Waals surface area contributed by atoms with Gasteiger partial charge in [-0.3, -0.25) is 4.98 Å². The van der Waals surface area contributed by atoms with Gasteiger partial charge in [0, 0.05) is 29.1 Å². The molecule has 27 heavy (non-hydrogen) atoms. The number of hydrogen-bond acceptors (Lipinski definition) is 4. The van der Waals surface area contributed by atoms with Gasteiger partial charge >= 0.3 is 5.97 Å². The van der Waals surface area contributed by atoms with E-state index in [1.165, 1.54) is 7.11 Å². The monoisotopic (exact) mass is 374 g/mol. The summed E-state index contributed by atoms with van der Waals surface area (Å²) < 4.78 is 46.4. The number of carbonyl (C=O) groups excluding carboxylic acids is 1. The highest BCUT2D eigenvalue weighted by molar-refractivity contribution is 5.93. The van der Waals surface area contributed by atoms with E-state index in [0.29, 0.717) is 17.1 Å². The van der Waals surface area contributed by atoms with Crippen molar-refractivity contribution in [1.29, 1.82) is 0 Å². The molecule has 2 heterocycles. The minimum Gasteiger partial charge on any atom is -0.466 e. The van der Waals surface area contributed by atoms with Crippen molar-refractivity contribution in [2.45, 2.75) is 19.8 Å². The molecule has 1 aromatic heterocycles. The molecule has 0 aliphatic carbocycles. The third-order valence-corrected chi connectivity index (χ3v) is 4.51. The van der Waals surface area contributed by atoms with Crippen LogP contribution in [0, 0.1) is 17.5 Å². The Labute approximate surface area is 154 Å². The molecule has 0 bridgehead atoms. The number of allylic oxidation sites excluding steroid dienone is 3. The van der Waals surface area contributed by atoms with Crippen molar-refractivity contribution in [2.75, 3.05) is 12.0 Å². The number of methoxy groups -OCH3 is 1. The van der Waals surface area contributed by atoms with Crippen LogP contribution in [0.5, 0.6) is 0 Å². The van der Waals surface area contributed by atoms with Gasteiger partial charge in [0.05, 0.1) is 24.6 Å². The second kappa shape index (κ2) is 7.26. The maximum atomic E-state index is 14.4. The fraction of sp³-hybridized carbons (Fsp3) is 0.200. The van der Waals surface area contributed by atoms with E-state index in [9.17, 15) is 18.0 Å². The number of anilines is 1. The fourth-order valence-electron chi connectivity index (χ4n) is 3.30. The second-order valence-electron chi connectivity index (χ2n) is 6.09. The lowest BCUT2D eigenvalue weighted by Gasteiger charge is -2.34. The Morgan fingerprint density at radius 3 is 2.52 bits per heavy atom. The van der Waals surface area contributed by atoms with E-state index in [1.54, 1.807) is 49.3 Å². The lowest BCUT2D eigenvalue weighted by Crippen LogP contribution is -2.30. The molecule has 1 aliphatic rings. The number of benzene rings is 1. The van der Waals surface area contributed by atoms with E-state index in [-0.39, 0.29) is 11.1 Å². The molecule has 0 amide bonds. The molecule has 1 aromatic carbocycles. The van der Waals surface area contributed by atoms with Gasteiger partial charge in [0.2, 0.25) is 0 Å². The molecular weight excluding hydrogens is 357 g/mol. The Morgan fingerprint density at radius 1 is 1.15 bits per heavy atom. The summed E-state index contributed by atoms with van der Waals surface area (Å²) >= 11 is 0. The first kappa shape index (κ1) is 18.7. The molecule has 1 aliphatic heterocycles. The Bertz CT molecular complexity index is 955. The Balaban J connectivity index is 2.20. The minimum absolute atomic E-state index is 0.136. The normalized spacial score (nSPS) is 17.0. The molecule has 2 aromatic rings. The molecule has 4 nitrogen and oxygen atoms in total. The highest BCUT2D eigenvalue weighted by Gasteiger charge is 2.34. The average Bonchev–Trinajstić information content (AvgIpc) is 2.66. The van der Waals surface area contributed by atoms with Crippen molar-refractivity contribution in [2.24, 2.45) is 0 Å². The van der Waals surface area contributed by atoms with Crippen LogP contribution >= 0.6 is 0 Å². The van der Waals surface area contributed by atoms with Gasteiger partial charge in [0.15, 0.2) is 17.5 Å². The number of nitrogens with zero attached hydrogens (tertiary/aromatic N) is 2. The smallest absolute Gasteiger partial charge is 0.336 e. The Kier molecular flexibility index (Phi) is 5.03. The van der Waals surface area contributed by atoms with E-state index in [4.69, 9.17) is 4.74 Å². The summed E-state index contributed by atoms with van der Waals surface area (Å²) in [7, 11) is 1.21. The topological polar surface area (TPSA) is 42.4 Å². The summed E-state index contributed by atoms with van der Waals surface area (Å²) in [4.78, 5) is 18.3. The average molecular weight is 374 g/mol. The maximum absolute atomic E-state index is 14.4. The molecule has 0 saturated heterocycles. The van der Waals surface area contributed by atoms with Gasteiger partial charge < -0.3 is 9.64 Å². The first-order valence-corrected chi connectivity index (χ1v) is 8.17. The SMILES string of the molecule is COC(=O)C1=C(C)N(c2cccnc2)C(C)=CC1c1ccc(F)c(F)c1F. The van der Waals surface area contributed by atoms with Crippen LogP contribution in [0.15, 0.2) is 59.7 Å². The lowest BCUT2D eigenvalue weighted by molar-refractivity contribution is -0.136. The van der Waals surface area contributed by atoms with Gasteiger partial charge in [-0.1, -0.05) is 12.1 Å². The number of esters is 1. The molecular formula is C20H17F3N2O2. The number of halogens is 3. The van der Waals surface area contributed by atoms with Gasteiger partial charge in [-0.2, -0.15) is 0 Å². The number of hydrogen-bond donors (Lipinski definition) is 0. The summed E-state index contributed by atoms with van der Waals surface area (Å²) in [5.74, 6) is -5.78. The predicted octanol–water partition coefficient (Wildman–Crippen LogP) is 4.45. The molecule has 1 unspecified atom stereocenters.